The molecule has 0 atom stereocenters. The van der Waals surface area contributed by atoms with E-state index in [9.17, 15) is 9.59 Å². The molecule has 0 aliphatic carbocycles. The first-order valence-corrected chi connectivity index (χ1v) is 13.2. The average Bonchev–Trinajstić information content (AvgIpc) is 2.91. The van der Waals surface area contributed by atoms with Gasteiger partial charge in [-0.25, -0.2) is 0 Å². The van der Waals surface area contributed by atoms with E-state index in [1.807, 2.05) is 41.3 Å². The summed E-state index contributed by atoms with van der Waals surface area (Å²) in [5, 5.41) is 9.96. The van der Waals surface area contributed by atoms with E-state index in [4.69, 9.17) is 23.2 Å². The van der Waals surface area contributed by atoms with Crippen LogP contribution in [0.3, 0.4) is 0 Å². The highest BCUT2D eigenvalue weighted by atomic mass is 35.5. The molecular formula is C28H31Cl2N5O2. The number of rotatable bonds is 8. The van der Waals surface area contributed by atoms with Gasteiger partial charge in [0.05, 0.1) is 10.7 Å². The van der Waals surface area contributed by atoms with Gasteiger partial charge in [-0.3, -0.25) is 9.59 Å². The van der Waals surface area contributed by atoms with Crippen molar-refractivity contribution in [3.05, 3.63) is 76.3 Å². The normalized spacial score (nSPS) is 13.6. The fraction of sp³-hybridized carbons (Fsp3) is 0.357. The molecule has 2 amide bonds. The van der Waals surface area contributed by atoms with E-state index in [0.29, 0.717) is 54.3 Å². The molecule has 0 radical (unpaired) electrons. The molecule has 0 unspecified atom stereocenters. The average molecular weight is 540 g/mol. The molecule has 1 fully saturated rings. The first-order chi connectivity index (χ1) is 17.8. The lowest BCUT2D eigenvalue weighted by Gasteiger charge is -2.36. The van der Waals surface area contributed by atoms with Crippen LogP contribution < -0.4 is 4.90 Å². The summed E-state index contributed by atoms with van der Waals surface area (Å²) in [7, 11) is 0. The minimum absolute atomic E-state index is 0.0501. The van der Waals surface area contributed by atoms with Gasteiger partial charge < -0.3 is 14.7 Å². The third-order valence-corrected chi connectivity index (χ3v) is 7.02. The van der Waals surface area contributed by atoms with Gasteiger partial charge in [-0.2, -0.15) is 0 Å². The van der Waals surface area contributed by atoms with Gasteiger partial charge in [0.2, 0.25) is 5.91 Å². The molecule has 4 rings (SSSR count). The zero-order valence-electron chi connectivity index (χ0n) is 21.1. The van der Waals surface area contributed by atoms with E-state index >= 15 is 0 Å². The number of halogens is 2. The van der Waals surface area contributed by atoms with Crippen LogP contribution in [0.4, 0.5) is 5.82 Å². The second-order valence-electron chi connectivity index (χ2n) is 9.54. The molecule has 7 nitrogen and oxygen atoms in total. The zero-order valence-corrected chi connectivity index (χ0v) is 22.6. The van der Waals surface area contributed by atoms with Gasteiger partial charge >= 0.3 is 0 Å². The van der Waals surface area contributed by atoms with Crippen molar-refractivity contribution in [3.63, 3.8) is 0 Å². The molecular weight excluding hydrogens is 509 g/mol. The summed E-state index contributed by atoms with van der Waals surface area (Å²) >= 11 is 12.3. The number of piperazine rings is 1. The minimum atomic E-state index is -0.154. The molecule has 1 aliphatic heterocycles. The largest absolute Gasteiger partial charge is 0.352 e. The lowest BCUT2D eigenvalue weighted by Crippen LogP contribution is -2.52. The van der Waals surface area contributed by atoms with Crippen LogP contribution in [0.2, 0.25) is 10.0 Å². The maximum Gasteiger partial charge on any atom is 0.254 e. The molecule has 1 aliphatic rings. The number of amides is 2. The molecule has 1 aromatic heterocycles. The molecule has 9 heteroatoms. The molecule has 2 heterocycles. The quantitative estimate of drug-likeness (QED) is 0.389. The second-order valence-corrected chi connectivity index (χ2v) is 10.4. The Hall–Kier alpha value is -3.16. The Bertz CT molecular complexity index is 1210. The summed E-state index contributed by atoms with van der Waals surface area (Å²) in [6.45, 7) is 7.19. The van der Waals surface area contributed by atoms with Gasteiger partial charge in [0.15, 0.2) is 5.82 Å². The fourth-order valence-electron chi connectivity index (χ4n) is 4.20. The van der Waals surface area contributed by atoms with Gasteiger partial charge in [0.25, 0.3) is 5.91 Å². The van der Waals surface area contributed by atoms with Crippen molar-refractivity contribution in [1.29, 1.82) is 0 Å². The lowest BCUT2D eigenvalue weighted by atomic mass is 10.1. The predicted molar refractivity (Wildman–Crippen MR) is 148 cm³/mol. The first kappa shape index (κ1) is 26.9. The topological polar surface area (TPSA) is 69.6 Å². The summed E-state index contributed by atoms with van der Waals surface area (Å²) in [6.07, 6.45) is 0.823. The third kappa shape index (κ3) is 6.99. The highest BCUT2D eigenvalue weighted by Crippen LogP contribution is 2.26. The Morgan fingerprint density at radius 1 is 0.919 bits per heavy atom. The zero-order chi connectivity index (χ0) is 26.4. The second kappa shape index (κ2) is 12.4. The van der Waals surface area contributed by atoms with E-state index in [2.05, 4.69) is 28.9 Å². The van der Waals surface area contributed by atoms with Crippen LogP contribution in [0.5, 0.6) is 0 Å². The lowest BCUT2D eigenvalue weighted by molar-refractivity contribution is -0.132. The summed E-state index contributed by atoms with van der Waals surface area (Å²) in [5.41, 5.74) is 2.09. The SMILES string of the molecule is CC(C)CCN(CC(=O)N1CCN(c2ccc(-c3ccccc3Cl)nn2)CC1)C(=O)c1ccc(Cl)cc1. The number of hydrogen-bond donors (Lipinski definition) is 0. The van der Waals surface area contributed by atoms with Crippen molar-refractivity contribution < 1.29 is 9.59 Å². The number of aromatic nitrogens is 2. The number of benzene rings is 2. The van der Waals surface area contributed by atoms with Crippen LogP contribution in [0.1, 0.15) is 30.6 Å². The summed E-state index contributed by atoms with van der Waals surface area (Å²) in [6, 6.07) is 18.2. The van der Waals surface area contributed by atoms with Crippen molar-refractivity contribution >= 4 is 40.8 Å². The van der Waals surface area contributed by atoms with E-state index in [1.165, 1.54) is 0 Å². The molecule has 0 N–H and O–H groups in total. The molecule has 3 aromatic rings. The van der Waals surface area contributed by atoms with E-state index < -0.39 is 0 Å². The van der Waals surface area contributed by atoms with Crippen LogP contribution in [0.15, 0.2) is 60.7 Å². The van der Waals surface area contributed by atoms with Crippen LogP contribution in [-0.2, 0) is 4.79 Å². The summed E-state index contributed by atoms with van der Waals surface area (Å²) in [5.74, 6) is 0.980. The van der Waals surface area contributed by atoms with E-state index in [-0.39, 0.29) is 18.4 Å². The van der Waals surface area contributed by atoms with E-state index in [1.54, 1.807) is 29.2 Å². The molecule has 37 heavy (non-hydrogen) atoms. The van der Waals surface area contributed by atoms with Crippen LogP contribution >= 0.6 is 23.2 Å². The highest BCUT2D eigenvalue weighted by molar-refractivity contribution is 6.33. The Balaban J connectivity index is 1.36. The number of nitrogens with zero attached hydrogens (tertiary/aromatic N) is 5. The molecule has 1 saturated heterocycles. The Morgan fingerprint density at radius 2 is 1.62 bits per heavy atom. The predicted octanol–water partition coefficient (Wildman–Crippen LogP) is 5.29. The fourth-order valence-corrected chi connectivity index (χ4v) is 4.55. The maximum absolute atomic E-state index is 13.2. The summed E-state index contributed by atoms with van der Waals surface area (Å²) < 4.78 is 0. The van der Waals surface area contributed by atoms with Crippen LogP contribution in [0, 0.1) is 5.92 Å². The molecule has 0 spiro atoms. The molecule has 0 saturated carbocycles. The standard InChI is InChI=1S/C28H31Cl2N5O2/c1-20(2)13-14-35(28(37)21-7-9-22(29)10-8-21)19-27(36)34-17-15-33(16-18-34)26-12-11-25(31-32-26)23-5-3-4-6-24(23)30/h3-12,20H,13-19H2,1-2H3. The number of carbonyl (C=O) groups excluding carboxylic acids is 2. The Labute approximate surface area is 228 Å². The van der Waals surface area contributed by atoms with Crippen LogP contribution in [-0.4, -0.2) is 71.1 Å². The number of carbonyl (C=O) groups is 2. The van der Waals surface area contributed by atoms with Crippen molar-refractivity contribution in [1.82, 2.24) is 20.0 Å². The van der Waals surface area contributed by atoms with Crippen molar-refractivity contribution in [2.75, 3.05) is 44.2 Å². The van der Waals surface area contributed by atoms with Crippen LogP contribution in [0.25, 0.3) is 11.3 Å². The maximum atomic E-state index is 13.2. The number of hydrogen-bond acceptors (Lipinski definition) is 5. The monoisotopic (exact) mass is 539 g/mol. The third-order valence-electron chi connectivity index (χ3n) is 6.44. The molecule has 0 bridgehead atoms. The Kier molecular flexibility index (Phi) is 9.00. The van der Waals surface area contributed by atoms with Gasteiger partial charge in [0.1, 0.15) is 6.54 Å². The minimum Gasteiger partial charge on any atom is -0.352 e. The highest BCUT2D eigenvalue weighted by Gasteiger charge is 2.26. The van der Waals surface area contributed by atoms with Gasteiger partial charge in [-0.15, -0.1) is 10.2 Å². The van der Waals surface area contributed by atoms with Gasteiger partial charge in [0, 0.05) is 48.9 Å². The Morgan fingerprint density at radius 3 is 2.24 bits per heavy atom. The first-order valence-electron chi connectivity index (χ1n) is 12.5. The van der Waals surface area contributed by atoms with Gasteiger partial charge in [-0.1, -0.05) is 55.2 Å². The molecule has 194 valence electrons. The smallest absolute Gasteiger partial charge is 0.254 e. The van der Waals surface area contributed by atoms with Gasteiger partial charge in [-0.05, 0) is 54.8 Å². The number of anilines is 1. The van der Waals surface area contributed by atoms with Crippen molar-refractivity contribution in [2.45, 2.75) is 20.3 Å². The molecule has 2 aromatic carbocycles. The van der Waals surface area contributed by atoms with Crippen molar-refractivity contribution in [3.8, 4) is 11.3 Å². The van der Waals surface area contributed by atoms with E-state index in [0.717, 1.165) is 23.5 Å². The van der Waals surface area contributed by atoms with Crippen molar-refractivity contribution in [2.24, 2.45) is 5.92 Å². The summed E-state index contributed by atoms with van der Waals surface area (Å²) in [4.78, 5) is 31.9.